The van der Waals surface area contributed by atoms with Crippen molar-refractivity contribution in [3.63, 3.8) is 0 Å². The molecular formula is C14H20NO2+. The maximum absolute atomic E-state index is 10.2. The van der Waals surface area contributed by atoms with Gasteiger partial charge in [-0.25, -0.2) is 0 Å². The monoisotopic (exact) mass is 234 g/mol. The summed E-state index contributed by atoms with van der Waals surface area (Å²) < 4.78 is 6.34. The second-order valence-corrected chi connectivity index (χ2v) is 5.48. The smallest absolute Gasteiger partial charge is 0.142 e. The van der Waals surface area contributed by atoms with Crippen molar-refractivity contribution in [3.8, 4) is 5.75 Å². The van der Waals surface area contributed by atoms with E-state index in [1.165, 1.54) is 24.2 Å². The zero-order valence-electron chi connectivity index (χ0n) is 10.6. The lowest BCUT2D eigenvalue weighted by atomic mass is 9.88. The van der Waals surface area contributed by atoms with Crippen LogP contribution in [0.3, 0.4) is 0 Å². The van der Waals surface area contributed by atoms with Crippen LogP contribution in [0.25, 0.3) is 0 Å². The van der Waals surface area contributed by atoms with Gasteiger partial charge in [-0.2, -0.15) is 0 Å². The van der Waals surface area contributed by atoms with Crippen molar-refractivity contribution in [1.82, 2.24) is 4.48 Å². The highest BCUT2D eigenvalue weighted by Crippen LogP contribution is 2.45. The molecule has 0 fully saturated rings. The lowest BCUT2D eigenvalue weighted by Gasteiger charge is -2.44. The largest absolute Gasteiger partial charge is 0.497 e. The Hall–Kier alpha value is -1.06. The van der Waals surface area contributed by atoms with Crippen LogP contribution in [-0.4, -0.2) is 32.4 Å². The molecule has 0 saturated heterocycles. The molecular weight excluding hydrogens is 214 g/mol. The first-order valence-corrected chi connectivity index (χ1v) is 6.38. The molecule has 1 aromatic carbocycles. The fourth-order valence-electron chi connectivity index (χ4n) is 3.43. The van der Waals surface area contributed by atoms with E-state index >= 15 is 0 Å². The second kappa shape index (κ2) is 3.72. The summed E-state index contributed by atoms with van der Waals surface area (Å²) in [6.45, 7) is 2.24. The number of aliphatic hydroxyl groups excluding tert-OH is 1. The second-order valence-electron chi connectivity index (χ2n) is 5.48. The summed E-state index contributed by atoms with van der Waals surface area (Å²) in [5, 5.41) is 10.2. The number of aryl methyl sites for hydroxylation is 1. The van der Waals surface area contributed by atoms with Crippen LogP contribution in [0.1, 0.15) is 30.1 Å². The Labute approximate surface area is 102 Å². The van der Waals surface area contributed by atoms with Crippen molar-refractivity contribution >= 4 is 5.69 Å². The van der Waals surface area contributed by atoms with Gasteiger partial charge in [-0.05, 0) is 18.6 Å². The van der Waals surface area contributed by atoms with E-state index in [0.29, 0.717) is 0 Å². The quantitative estimate of drug-likeness (QED) is 0.753. The molecule has 17 heavy (non-hydrogen) atoms. The Balaban J connectivity index is 2.23. The summed E-state index contributed by atoms with van der Waals surface area (Å²) in [5.74, 6) is 0.883. The standard InChI is InChI=1S/C14H20NO2/c1-15-6-3-4-10-8-11(17-2)9-12(14(10)15)13(16)5-7-15/h8-9,13,16H,3-7H2,1-2H3/q+1/t13-,15?/m1/s1. The fourth-order valence-corrected chi connectivity index (χ4v) is 3.43. The lowest BCUT2D eigenvalue weighted by molar-refractivity contribution is 0.127. The van der Waals surface area contributed by atoms with Gasteiger partial charge in [0.05, 0.1) is 33.4 Å². The molecule has 3 rings (SSSR count). The van der Waals surface area contributed by atoms with E-state index in [-0.39, 0.29) is 6.10 Å². The van der Waals surface area contributed by atoms with Crippen LogP contribution < -0.4 is 9.22 Å². The lowest BCUT2D eigenvalue weighted by Crippen LogP contribution is -2.52. The molecule has 0 aromatic heterocycles. The van der Waals surface area contributed by atoms with Gasteiger partial charge >= 0.3 is 0 Å². The Morgan fingerprint density at radius 1 is 1.35 bits per heavy atom. The number of benzene rings is 1. The summed E-state index contributed by atoms with van der Waals surface area (Å²) in [7, 11) is 3.99. The van der Waals surface area contributed by atoms with Gasteiger partial charge in [0.2, 0.25) is 0 Å². The molecule has 2 atom stereocenters. The molecule has 0 spiro atoms. The van der Waals surface area contributed by atoms with Gasteiger partial charge in [0, 0.05) is 24.0 Å². The maximum Gasteiger partial charge on any atom is 0.142 e. The Morgan fingerprint density at radius 2 is 2.18 bits per heavy atom. The predicted octanol–water partition coefficient (Wildman–Crippen LogP) is 2.02. The summed E-state index contributed by atoms with van der Waals surface area (Å²) >= 11 is 0. The van der Waals surface area contributed by atoms with E-state index in [4.69, 9.17) is 4.74 Å². The summed E-state index contributed by atoms with van der Waals surface area (Å²) in [6.07, 6.45) is 2.88. The van der Waals surface area contributed by atoms with Crippen LogP contribution in [0.2, 0.25) is 0 Å². The summed E-state index contributed by atoms with van der Waals surface area (Å²) in [4.78, 5) is 0. The van der Waals surface area contributed by atoms with Crippen LogP contribution >= 0.6 is 0 Å². The Bertz CT molecular complexity index is 458. The first-order chi connectivity index (χ1) is 8.14. The van der Waals surface area contributed by atoms with Gasteiger partial charge < -0.3 is 9.84 Å². The number of methoxy groups -OCH3 is 1. The molecule has 2 heterocycles. The molecule has 0 bridgehead atoms. The third-order valence-corrected chi connectivity index (χ3v) is 4.32. The fraction of sp³-hybridized carbons (Fsp3) is 0.571. The highest BCUT2D eigenvalue weighted by Gasteiger charge is 2.40. The van der Waals surface area contributed by atoms with Gasteiger partial charge in [-0.3, -0.25) is 4.48 Å². The number of quaternary nitrogens is 1. The van der Waals surface area contributed by atoms with E-state index in [9.17, 15) is 5.11 Å². The molecule has 0 aliphatic carbocycles. The van der Waals surface area contributed by atoms with Crippen molar-refractivity contribution in [2.45, 2.75) is 25.4 Å². The minimum absolute atomic E-state index is 0.317. The summed E-state index contributed by atoms with van der Waals surface area (Å²) in [5.41, 5.74) is 3.82. The number of nitrogens with zero attached hydrogens (tertiary/aromatic N) is 1. The number of ether oxygens (including phenoxy) is 1. The average Bonchev–Trinajstić information content (AvgIpc) is 2.34. The van der Waals surface area contributed by atoms with Crippen molar-refractivity contribution in [1.29, 1.82) is 0 Å². The summed E-state index contributed by atoms with van der Waals surface area (Å²) in [6, 6.07) is 4.16. The van der Waals surface area contributed by atoms with E-state index in [2.05, 4.69) is 13.1 Å². The highest BCUT2D eigenvalue weighted by atomic mass is 16.5. The van der Waals surface area contributed by atoms with Crippen molar-refractivity contribution < 1.29 is 9.84 Å². The molecule has 0 amide bonds. The average molecular weight is 234 g/mol. The number of hydrogen-bond acceptors (Lipinski definition) is 2. The van der Waals surface area contributed by atoms with Crippen molar-refractivity contribution in [2.24, 2.45) is 0 Å². The Morgan fingerprint density at radius 3 is 2.94 bits per heavy atom. The third-order valence-electron chi connectivity index (χ3n) is 4.32. The number of aliphatic hydroxyl groups is 1. The molecule has 3 nitrogen and oxygen atoms in total. The van der Waals surface area contributed by atoms with Crippen molar-refractivity contribution in [2.75, 3.05) is 27.2 Å². The molecule has 2 aliphatic heterocycles. The minimum atomic E-state index is -0.317. The molecule has 0 saturated carbocycles. The normalized spacial score (nSPS) is 30.9. The predicted molar refractivity (Wildman–Crippen MR) is 68.3 cm³/mol. The number of rotatable bonds is 1. The zero-order chi connectivity index (χ0) is 12.0. The van der Waals surface area contributed by atoms with Gasteiger partial charge in [0.15, 0.2) is 0 Å². The van der Waals surface area contributed by atoms with E-state index in [1.807, 2.05) is 6.07 Å². The molecule has 3 heteroatoms. The minimum Gasteiger partial charge on any atom is -0.497 e. The topological polar surface area (TPSA) is 29.5 Å². The SMILES string of the molecule is COc1cc2c3c(c1)[C@H](O)CC[N+]3(C)CCC2. The Kier molecular flexibility index (Phi) is 2.42. The van der Waals surface area contributed by atoms with Crippen molar-refractivity contribution in [3.05, 3.63) is 23.3 Å². The van der Waals surface area contributed by atoms with Crippen LogP contribution in [0.4, 0.5) is 5.69 Å². The first kappa shape index (κ1) is 11.1. The van der Waals surface area contributed by atoms with Gasteiger partial charge in [-0.1, -0.05) is 0 Å². The van der Waals surface area contributed by atoms with E-state index in [0.717, 1.165) is 35.2 Å². The molecule has 92 valence electrons. The first-order valence-electron chi connectivity index (χ1n) is 6.38. The third kappa shape index (κ3) is 1.57. The highest BCUT2D eigenvalue weighted by molar-refractivity contribution is 5.63. The molecule has 1 aromatic rings. The zero-order valence-corrected chi connectivity index (χ0v) is 10.6. The van der Waals surface area contributed by atoms with Gasteiger partial charge in [-0.15, -0.1) is 0 Å². The molecule has 2 aliphatic rings. The molecule has 1 N–H and O–H groups in total. The van der Waals surface area contributed by atoms with Crippen LogP contribution in [0.15, 0.2) is 12.1 Å². The van der Waals surface area contributed by atoms with Gasteiger partial charge in [0.25, 0.3) is 0 Å². The van der Waals surface area contributed by atoms with Crippen LogP contribution in [-0.2, 0) is 6.42 Å². The van der Waals surface area contributed by atoms with E-state index in [1.54, 1.807) is 7.11 Å². The molecule has 0 radical (unpaired) electrons. The van der Waals surface area contributed by atoms with Crippen LogP contribution in [0.5, 0.6) is 5.75 Å². The van der Waals surface area contributed by atoms with E-state index < -0.39 is 0 Å². The number of hydrogen-bond donors (Lipinski definition) is 1. The van der Waals surface area contributed by atoms with Crippen LogP contribution in [0, 0.1) is 0 Å². The maximum atomic E-state index is 10.2. The van der Waals surface area contributed by atoms with Gasteiger partial charge in [0.1, 0.15) is 11.4 Å². The molecule has 1 unspecified atom stereocenters.